The first-order valence-electron chi connectivity index (χ1n) is 9.26. The lowest BCUT2D eigenvalue weighted by atomic mass is 10.1. The van der Waals surface area contributed by atoms with Gasteiger partial charge in [0.1, 0.15) is 5.82 Å². The number of halogens is 4. The quantitative estimate of drug-likeness (QED) is 0.412. The molecule has 0 aliphatic heterocycles. The Morgan fingerprint density at radius 3 is 2.41 bits per heavy atom. The summed E-state index contributed by atoms with van der Waals surface area (Å²) < 4.78 is 52.7. The van der Waals surface area contributed by atoms with Gasteiger partial charge >= 0.3 is 6.18 Å². The number of carbonyl (C=O) groups excluding carboxylic acids is 1. The highest BCUT2D eigenvalue weighted by Crippen LogP contribution is 2.31. The molecule has 0 atom stereocenters. The Bertz CT molecular complexity index is 1280. The van der Waals surface area contributed by atoms with Crippen LogP contribution in [0.1, 0.15) is 26.5 Å². The molecular formula is C21H15F4N5OS. The molecule has 0 bridgehead atoms. The fourth-order valence-electron chi connectivity index (χ4n) is 3.03. The number of thiazole rings is 1. The zero-order valence-corrected chi connectivity index (χ0v) is 17.6. The van der Waals surface area contributed by atoms with Gasteiger partial charge in [-0.25, -0.2) is 19.0 Å². The van der Waals surface area contributed by atoms with Crippen molar-refractivity contribution in [2.24, 2.45) is 0 Å². The minimum absolute atomic E-state index is 0.151. The van der Waals surface area contributed by atoms with Gasteiger partial charge in [-0.05, 0) is 50.2 Å². The van der Waals surface area contributed by atoms with E-state index in [0.717, 1.165) is 16.5 Å². The second-order valence-corrected chi connectivity index (χ2v) is 8.05. The second kappa shape index (κ2) is 8.15. The number of hydrogen-bond donors (Lipinski definition) is 1. The molecule has 1 N–H and O–H groups in total. The average Bonchev–Trinajstić information content (AvgIpc) is 3.30. The highest BCUT2D eigenvalue weighted by Gasteiger charge is 2.31. The predicted octanol–water partition coefficient (Wildman–Crippen LogP) is 5.42. The van der Waals surface area contributed by atoms with Crippen LogP contribution in [-0.2, 0) is 6.18 Å². The molecule has 1 amide bonds. The van der Waals surface area contributed by atoms with E-state index in [9.17, 15) is 22.4 Å². The van der Waals surface area contributed by atoms with Crippen LogP contribution in [0.3, 0.4) is 0 Å². The summed E-state index contributed by atoms with van der Waals surface area (Å²) >= 11 is 1.27. The van der Waals surface area contributed by atoms with Gasteiger partial charge in [0.05, 0.1) is 28.7 Å². The summed E-state index contributed by atoms with van der Waals surface area (Å²) in [5.41, 5.74) is 1.11. The number of hydrogen-bond acceptors (Lipinski definition) is 5. The van der Waals surface area contributed by atoms with Gasteiger partial charge in [0.15, 0.2) is 10.9 Å². The van der Waals surface area contributed by atoms with E-state index in [1.54, 1.807) is 19.1 Å². The topological polar surface area (TPSA) is 72.7 Å². The lowest BCUT2D eigenvalue weighted by Crippen LogP contribution is -2.13. The van der Waals surface area contributed by atoms with Crippen LogP contribution in [0, 0.1) is 19.7 Å². The maximum atomic E-state index is 13.2. The van der Waals surface area contributed by atoms with Gasteiger partial charge in [0.2, 0.25) is 0 Å². The molecule has 6 nitrogen and oxygen atoms in total. The maximum absolute atomic E-state index is 13.2. The number of rotatable bonds is 4. The second-order valence-electron chi connectivity index (χ2n) is 6.84. The number of benzene rings is 1. The predicted molar refractivity (Wildman–Crippen MR) is 111 cm³/mol. The molecule has 4 aromatic rings. The number of aromatic nitrogens is 4. The number of pyridine rings is 1. The Balaban J connectivity index is 1.55. The van der Waals surface area contributed by atoms with Crippen LogP contribution in [0.4, 0.5) is 22.7 Å². The highest BCUT2D eigenvalue weighted by molar-refractivity contribution is 7.16. The van der Waals surface area contributed by atoms with Gasteiger partial charge in [-0.1, -0.05) is 0 Å². The van der Waals surface area contributed by atoms with Crippen LogP contribution < -0.4 is 5.32 Å². The lowest BCUT2D eigenvalue weighted by Gasteiger charge is -2.08. The summed E-state index contributed by atoms with van der Waals surface area (Å²) in [5.74, 6) is -0.677. The summed E-state index contributed by atoms with van der Waals surface area (Å²) in [6.07, 6.45) is -2.47. The molecule has 0 aliphatic carbocycles. The van der Waals surface area contributed by atoms with E-state index in [0.29, 0.717) is 22.7 Å². The average molecular weight is 461 g/mol. The standard InChI is InChI=1S/C21H15F4N5OS/c1-11-16(10-27-30(11)17-8-5-14(9-26-17)21(23,24)25)19(31)29-20-28-18(12(2)32-20)13-3-6-15(22)7-4-13/h3-10H,1-2H3,(H,28,29,31). The van der Waals surface area contributed by atoms with E-state index in [2.05, 4.69) is 20.4 Å². The van der Waals surface area contributed by atoms with Crippen molar-refractivity contribution in [1.29, 1.82) is 0 Å². The molecule has 11 heteroatoms. The zero-order chi connectivity index (χ0) is 23.0. The molecule has 0 unspecified atom stereocenters. The summed E-state index contributed by atoms with van der Waals surface area (Å²) in [6, 6.07) is 7.96. The van der Waals surface area contributed by atoms with Gasteiger partial charge in [0.25, 0.3) is 5.91 Å². The van der Waals surface area contributed by atoms with E-state index in [-0.39, 0.29) is 17.2 Å². The van der Waals surface area contributed by atoms with Crippen LogP contribution in [0.25, 0.3) is 17.1 Å². The molecule has 0 radical (unpaired) electrons. The number of anilines is 1. The van der Waals surface area contributed by atoms with Crippen molar-refractivity contribution in [1.82, 2.24) is 19.7 Å². The van der Waals surface area contributed by atoms with Crippen LogP contribution >= 0.6 is 11.3 Å². The van der Waals surface area contributed by atoms with Crippen molar-refractivity contribution in [3.05, 3.63) is 76.3 Å². The molecule has 164 valence electrons. The van der Waals surface area contributed by atoms with Crippen molar-refractivity contribution in [2.45, 2.75) is 20.0 Å². The SMILES string of the molecule is Cc1sc(NC(=O)c2cnn(-c3ccc(C(F)(F)F)cn3)c2C)nc1-c1ccc(F)cc1. The normalized spacial score (nSPS) is 11.6. The minimum atomic E-state index is -4.49. The van der Waals surface area contributed by atoms with Crippen LogP contribution in [0.2, 0.25) is 0 Å². The molecule has 0 fully saturated rings. The number of alkyl halides is 3. The molecule has 0 saturated carbocycles. The number of amides is 1. The first kappa shape index (κ1) is 21.6. The first-order chi connectivity index (χ1) is 15.1. The summed E-state index contributed by atoms with van der Waals surface area (Å²) in [5, 5.41) is 7.14. The third kappa shape index (κ3) is 4.24. The Kier molecular flexibility index (Phi) is 5.51. The Morgan fingerprint density at radius 2 is 1.78 bits per heavy atom. The zero-order valence-electron chi connectivity index (χ0n) is 16.7. The van der Waals surface area contributed by atoms with Gasteiger partial charge in [0, 0.05) is 16.6 Å². The van der Waals surface area contributed by atoms with Crippen LogP contribution in [0.5, 0.6) is 0 Å². The fourth-order valence-corrected chi connectivity index (χ4v) is 3.86. The molecule has 0 aliphatic rings. The van der Waals surface area contributed by atoms with E-state index >= 15 is 0 Å². The van der Waals surface area contributed by atoms with Crippen molar-refractivity contribution < 1.29 is 22.4 Å². The summed E-state index contributed by atoms with van der Waals surface area (Å²) in [4.78, 5) is 21.8. The minimum Gasteiger partial charge on any atom is -0.298 e. The van der Waals surface area contributed by atoms with E-state index in [1.165, 1.54) is 40.4 Å². The molecule has 0 spiro atoms. The van der Waals surface area contributed by atoms with Gasteiger partial charge < -0.3 is 0 Å². The molecule has 3 aromatic heterocycles. The number of aryl methyl sites for hydroxylation is 1. The first-order valence-corrected chi connectivity index (χ1v) is 10.1. The third-order valence-corrected chi connectivity index (χ3v) is 5.57. The van der Waals surface area contributed by atoms with Gasteiger partial charge in [-0.15, -0.1) is 11.3 Å². The molecular weight excluding hydrogens is 446 g/mol. The van der Waals surface area contributed by atoms with Crippen molar-refractivity contribution >= 4 is 22.4 Å². The lowest BCUT2D eigenvalue weighted by molar-refractivity contribution is -0.137. The fraction of sp³-hybridized carbons (Fsp3) is 0.143. The molecule has 3 heterocycles. The monoisotopic (exact) mass is 461 g/mol. The number of nitrogens with one attached hydrogen (secondary N) is 1. The van der Waals surface area contributed by atoms with Crippen LogP contribution in [-0.4, -0.2) is 25.7 Å². The third-order valence-electron chi connectivity index (χ3n) is 4.68. The van der Waals surface area contributed by atoms with E-state index < -0.39 is 17.6 Å². The molecule has 4 rings (SSSR count). The van der Waals surface area contributed by atoms with Crippen molar-refractivity contribution in [3.8, 4) is 17.1 Å². The van der Waals surface area contributed by atoms with Crippen molar-refractivity contribution in [2.75, 3.05) is 5.32 Å². The Labute approximate surface area is 183 Å². The Hall–Kier alpha value is -3.60. The number of carbonyl (C=O) groups is 1. The van der Waals surface area contributed by atoms with E-state index in [4.69, 9.17) is 0 Å². The van der Waals surface area contributed by atoms with Gasteiger partial charge in [-0.3, -0.25) is 10.1 Å². The summed E-state index contributed by atoms with van der Waals surface area (Å²) in [7, 11) is 0. The number of nitrogens with zero attached hydrogens (tertiary/aromatic N) is 4. The highest BCUT2D eigenvalue weighted by atomic mass is 32.1. The molecule has 1 aromatic carbocycles. The van der Waals surface area contributed by atoms with Gasteiger partial charge in [-0.2, -0.15) is 18.3 Å². The molecule has 32 heavy (non-hydrogen) atoms. The maximum Gasteiger partial charge on any atom is 0.417 e. The van der Waals surface area contributed by atoms with Crippen molar-refractivity contribution in [3.63, 3.8) is 0 Å². The summed E-state index contributed by atoms with van der Waals surface area (Å²) in [6.45, 7) is 3.45. The van der Waals surface area contributed by atoms with E-state index in [1.807, 2.05) is 6.92 Å². The molecule has 0 saturated heterocycles. The van der Waals surface area contributed by atoms with Crippen LogP contribution in [0.15, 0.2) is 48.8 Å². The smallest absolute Gasteiger partial charge is 0.298 e. The Morgan fingerprint density at radius 1 is 1.06 bits per heavy atom. The largest absolute Gasteiger partial charge is 0.417 e.